The summed E-state index contributed by atoms with van der Waals surface area (Å²) in [7, 11) is 0. The molecule has 29 heavy (non-hydrogen) atoms. The number of nitrogens with one attached hydrogen (secondary N) is 1. The Morgan fingerprint density at radius 2 is 1.86 bits per heavy atom. The van der Waals surface area contributed by atoms with Gasteiger partial charge in [0.1, 0.15) is 0 Å². The number of nitro groups is 1. The molecule has 1 atom stereocenters. The minimum Gasteiger partial charge on any atom is -0.325 e. The minimum atomic E-state index is -0.502. The molecule has 1 saturated heterocycles. The molecule has 1 fully saturated rings. The fraction of sp³-hybridized carbons (Fsp3) is 0.364. The van der Waals surface area contributed by atoms with E-state index < -0.39 is 10.8 Å². The molecular formula is C22H25N3O4. The first-order valence-electron chi connectivity index (χ1n) is 9.82. The van der Waals surface area contributed by atoms with E-state index in [1.807, 2.05) is 32.0 Å². The van der Waals surface area contributed by atoms with Crippen molar-refractivity contribution in [2.24, 2.45) is 5.92 Å². The van der Waals surface area contributed by atoms with Crippen LogP contribution in [0.15, 0.2) is 36.4 Å². The highest BCUT2D eigenvalue weighted by Gasteiger charge is 2.36. The number of aryl methyl sites for hydroxylation is 3. The van der Waals surface area contributed by atoms with Gasteiger partial charge in [0.05, 0.1) is 16.5 Å². The Labute approximate surface area is 169 Å². The first-order valence-corrected chi connectivity index (χ1v) is 9.82. The molecule has 7 nitrogen and oxygen atoms in total. The Kier molecular flexibility index (Phi) is 5.96. The van der Waals surface area contributed by atoms with Gasteiger partial charge in [-0.1, -0.05) is 38.1 Å². The van der Waals surface area contributed by atoms with Crippen molar-refractivity contribution in [1.29, 1.82) is 0 Å². The zero-order chi connectivity index (χ0) is 21.1. The summed E-state index contributed by atoms with van der Waals surface area (Å²) in [6.07, 6.45) is 1.68. The number of rotatable bonds is 6. The van der Waals surface area contributed by atoms with E-state index in [0.717, 1.165) is 29.7 Å². The number of para-hydroxylation sites is 1. The molecule has 0 radical (unpaired) electrons. The monoisotopic (exact) mass is 395 g/mol. The number of anilines is 2. The number of carbonyl (C=O) groups is 2. The van der Waals surface area contributed by atoms with Gasteiger partial charge >= 0.3 is 0 Å². The van der Waals surface area contributed by atoms with Crippen molar-refractivity contribution in [3.8, 4) is 0 Å². The van der Waals surface area contributed by atoms with Gasteiger partial charge in [0.25, 0.3) is 5.69 Å². The maximum atomic E-state index is 12.9. The highest BCUT2D eigenvalue weighted by molar-refractivity contribution is 6.04. The molecular weight excluding hydrogens is 370 g/mol. The van der Waals surface area contributed by atoms with Crippen LogP contribution in [-0.4, -0.2) is 23.3 Å². The average Bonchev–Trinajstić information content (AvgIpc) is 3.10. The van der Waals surface area contributed by atoms with Crippen molar-refractivity contribution in [2.45, 2.75) is 40.0 Å². The summed E-state index contributed by atoms with van der Waals surface area (Å²) in [4.78, 5) is 37.6. The minimum absolute atomic E-state index is 0.0346. The fourth-order valence-electron chi connectivity index (χ4n) is 3.72. The molecule has 3 rings (SSSR count). The van der Waals surface area contributed by atoms with Crippen molar-refractivity contribution in [1.82, 2.24) is 0 Å². The van der Waals surface area contributed by atoms with Crippen molar-refractivity contribution < 1.29 is 14.5 Å². The van der Waals surface area contributed by atoms with Gasteiger partial charge in [0.2, 0.25) is 11.8 Å². The molecule has 0 aliphatic carbocycles. The summed E-state index contributed by atoms with van der Waals surface area (Å²) in [5.41, 5.74) is 3.90. The molecule has 2 aromatic rings. The van der Waals surface area contributed by atoms with E-state index >= 15 is 0 Å². The Morgan fingerprint density at radius 3 is 2.45 bits per heavy atom. The van der Waals surface area contributed by atoms with Crippen LogP contribution in [0.5, 0.6) is 0 Å². The molecule has 0 saturated carbocycles. The highest BCUT2D eigenvalue weighted by Crippen LogP contribution is 2.31. The van der Waals surface area contributed by atoms with Crippen LogP contribution in [0.2, 0.25) is 0 Å². The van der Waals surface area contributed by atoms with Gasteiger partial charge in [-0.05, 0) is 37.0 Å². The second-order valence-electron chi connectivity index (χ2n) is 7.28. The topological polar surface area (TPSA) is 92.6 Å². The van der Waals surface area contributed by atoms with E-state index in [1.165, 1.54) is 11.0 Å². The molecule has 0 spiro atoms. The molecule has 152 valence electrons. The largest absolute Gasteiger partial charge is 0.325 e. The second-order valence-corrected chi connectivity index (χ2v) is 7.28. The van der Waals surface area contributed by atoms with Crippen LogP contribution in [0.1, 0.15) is 37.0 Å². The van der Waals surface area contributed by atoms with Gasteiger partial charge in [-0.3, -0.25) is 19.7 Å². The summed E-state index contributed by atoms with van der Waals surface area (Å²) in [6.45, 7) is 5.94. The van der Waals surface area contributed by atoms with E-state index in [2.05, 4.69) is 5.32 Å². The average molecular weight is 395 g/mol. The third-order valence-electron chi connectivity index (χ3n) is 5.44. The lowest BCUT2D eigenvalue weighted by Crippen LogP contribution is -2.28. The lowest BCUT2D eigenvalue weighted by Gasteiger charge is -2.18. The maximum Gasteiger partial charge on any atom is 0.274 e. The zero-order valence-electron chi connectivity index (χ0n) is 16.9. The SMILES string of the molecule is CCc1cccc(CC)c1NC(=O)[C@H]1CC(=O)N(c2ccc(C)c([N+](=O)[O-])c2)C1. The molecule has 2 amide bonds. The van der Waals surface area contributed by atoms with Crippen molar-refractivity contribution >= 4 is 28.9 Å². The first kappa shape index (κ1) is 20.5. The van der Waals surface area contributed by atoms with Crippen LogP contribution in [0, 0.1) is 23.0 Å². The van der Waals surface area contributed by atoms with Crippen LogP contribution < -0.4 is 10.2 Å². The van der Waals surface area contributed by atoms with Gasteiger partial charge in [-0.15, -0.1) is 0 Å². The number of nitro benzene ring substituents is 1. The lowest BCUT2D eigenvalue weighted by molar-refractivity contribution is -0.385. The van der Waals surface area contributed by atoms with E-state index in [-0.39, 0.29) is 30.5 Å². The number of carbonyl (C=O) groups excluding carboxylic acids is 2. The maximum absolute atomic E-state index is 12.9. The summed E-state index contributed by atoms with van der Waals surface area (Å²) < 4.78 is 0. The van der Waals surface area contributed by atoms with Gasteiger partial charge in [0.15, 0.2) is 0 Å². The number of hydrogen-bond acceptors (Lipinski definition) is 4. The quantitative estimate of drug-likeness (QED) is 0.591. The summed E-state index contributed by atoms with van der Waals surface area (Å²) in [6, 6.07) is 10.7. The van der Waals surface area contributed by atoms with Crippen molar-refractivity contribution in [3.63, 3.8) is 0 Å². The van der Waals surface area contributed by atoms with E-state index in [9.17, 15) is 19.7 Å². The molecule has 1 aliphatic heterocycles. The van der Waals surface area contributed by atoms with E-state index in [4.69, 9.17) is 0 Å². The first-order chi connectivity index (χ1) is 13.8. The van der Waals surface area contributed by atoms with Gasteiger partial charge in [0, 0.05) is 30.3 Å². The summed E-state index contributed by atoms with van der Waals surface area (Å²) in [5, 5.41) is 14.2. The third kappa shape index (κ3) is 4.13. The highest BCUT2D eigenvalue weighted by atomic mass is 16.6. The molecule has 1 heterocycles. The van der Waals surface area contributed by atoms with Crippen LogP contribution in [0.3, 0.4) is 0 Å². The van der Waals surface area contributed by atoms with E-state index in [1.54, 1.807) is 19.1 Å². The zero-order valence-corrected chi connectivity index (χ0v) is 16.9. The Morgan fingerprint density at radius 1 is 1.21 bits per heavy atom. The number of benzene rings is 2. The predicted octanol–water partition coefficient (Wildman–Crippen LogP) is 4.02. The Bertz CT molecular complexity index is 948. The fourth-order valence-corrected chi connectivity index (χ4v) is 3.72. The Hall–Kier alpha value is -3.22. The molecule has 0 unspecified atom stereocenters. The van der Waals surface area contributed by atoms with Crippen LogP contribution >= 0.6 is 0 Å². The number of amides is 2. The van der Waals surface area contributed by atoms with Crippen LogP contribution in [0.25, 0.3) is 0 Å². The molecule has 2 aromatic carbocycles. The van der Waals surface area contributed by atoms with Crippen LogP contribution in [-0.2, 0) is 22.4 Å². The smallest absolute Gasteiger partial charge is 0.274 e. The summed E-state index contributed by atoms with van der Waals surface area (Å²) in [5.74, 6) is -0.904. The Balaban J connectivity index is 1.80. The standard InChI is InChI=1S/C22H25N3O4/c1-4-15-7-6-8-16(5-2)21(15)23-22(27)17-11-20(26)24(13-17)18-10-9-14(3)19(12-18)25(28)29/h6-10,12,17H,4-5,11,13H2,1-3H3,(H,23,27)/t17-/m0/s1. The van der Waals surface area contributed by atoms with Crippen molar-refractivity contribution in [2.75, 3.05) is 16.8 Å². The molecule has 7 heteroatoms. The predicted molar refractivity (Wildman–Crippen MR) is 112 cm³/mol. The molecule has 1 aliphatic rings. The normalized spacial score (nSPS) is 16.2. The number of nitrogens with zero attached hydrogens (tertiary/aromatic N) is 2. The summed E-state index contributed by atoms with van der Waals surface area (Å²) >= 11 is 0. The third-order valence-corrected chi connectivity index (χ3v) is 5.44. The van der Waals surface area contributed by atoms with Gasteiger partial charge < -0.3 is 10.2 Å². The lowest BCUT2D eigenvalue weighted by atomic mass is 10.0. The van der Waals surface area contributed by atoms with Crippen molar-refractivity contribution in [3.05, 3.63) is 63.2 Å². The molecule has 0 bridgehead atoms. The van der Waals surface area contributed by atoms with Gasteiger partial charge in [-0.25, -0.2) is 0 Å². The van der Waals surface area contributed by atoms with E-state index in [0.29, 0.717) is 11.3 Å². The number of hydrogen-bond donors (Lipinski definition) is 1. The molecule has 1 N–H and O–H groups in total. The van der Waals surface area contributed by atoms with Crippen LogP contribution in [0.4, 0.5) is 17.1 Å². The second kappa shape index (κ2) is 8.43. The molecule has 0 aromatic heterocycles. The van der Waals surface area contributed by atoms with Gasteiger partial charge in [-0.2, -0.15) is 0 Å².